The standard InChI is InChI=1S/C25H27N5O4/c1-28-10-9-18-15-19(5-8-21(18)25(28)32)29-11-12-30-23(29)16-22(27-30)26-24(31)17-3-6-20(7-4-17)34-14-13-33-2/h3-8,15-16H,9-14H2,1-2H3,(H,26,27,31). The van der Waals surface area contributed by atoms with Gasteiger partial charge in [-0.2, -0.15) is 5.10 Å². The van der Waals surface area contributed by atoms with E-state index in [4.69, 9.17) is 9.47 Å². The van der Waals surface area contributed by atoms with Crippen LogP contribution in [0.4, 0.5) is 17.3 Å². The predicted octanol–water partition coefficient (Wildman–Crippen LogP) is 2.94. The molecule has 0 unspecified atom stereocenters. The molecule has 2 aliphatic heterocycles. The van der Waals surface area contributed by atoms with Gasteiger partial charge in [-0.05, 0) is 54.4 Å². The number of nitrogens with zero attached hydrogens (tertiary/aromatic N) is 4. The minimum atomic E-state index is -0.233. The molecule has 1 aromatic heterocycles. The van der Waals surface area contributed by atoms with Crippen molar-refractivity contribution in [2.45, 2.75) is 13.0 Å². The molecule has 9 nitrogen and oxygen atoms in total. The minimum Gasteiger partial charge on any atom is -0.491 e. The number of hydrogen-bond acceptors (Lipinski definition) is 6. The molecule has 3 heterocycles. The number of methoxy groups -OCH3 is 1. The number of ether oxygens (including phenoxy) is 2. The third-order valence-electron chi connectivity index (χ3n) is 6.18. The number of anilines is 3. The van der Waals surface area contributed by atoms with E-state index in [1.54, 1.807) is 36.3 Å². The van der Waals surface area contributed by atoms with Gasteiger partial charge in [0, 0.05) is 50.1 Å². The molecule has 34 heavy (non-hydrogen) atoms. The molecule has 0 atom stereocenters. The maximum atomic E-state index is 12.7. The highest BCUT2D eigenvalue weighted by Gasteiger charge is 2.26. The van der Waals surface area contributed by atoms with E-state index in [1.807, 2.05) is 29.9 Å². The second kappa shape index (κ2) is 9.18. The monoisotopic (exact) mass is 461 g/mol. The zero-order chi connectivity index (χ0) is 23.7. The lowest BCUT2D eigenvalue weighted by Crippen LogP contribution is -2.34. The maximum Gasteiger partial charge on any atom is 0.256 e. The van der Waals surface area contributed by atoms with E-state index < -0.39 is 0 Å². The molecule has 2 aliphatic rings. The first-order valence-corrected chi connectivity index (χ1v) is 11.3. The zero-order valence-corrected chi connectivity index (χ0v) is 19.3. The van der Waals surface area contributed by atoms with E-state index in [2.05, 4.69) is 21.4 Å². The number of amides is 2. The van der Waals surface area contributed by atoms with Gasteiger partial charge in [-0.25, -0.2) is 4.68 Å². The van der Waals surface area contributed by atoms with Gasteiger partial charge in [-0.1, -0.05) is 0 Å². The normalized spacial score (nSPS) is 14.7. The fourth-order valence-corrected chi connectivity index (χ4v) is 4.31. The summed E-state index contributed by atoms with van der Waals surface area (Å²) in [6, 6.07) is 14.8. The van der Waals surface area contributed by atoms with Crippen molar-refractivity contribution >= 4 is 29.1 Å². The van der Waals surface area contributed by atoms with Crippen LogP contribution < -0.4 is 15.0 Å². The predicted molar refractivity (Wildman–Crippen MR) is 128 cm³/mol. The lowest BCUT2D eigenvalue weighted by Gasteiger charge is -2.26. The van der Waals surface area contributed by atoms with Crippen molar-refractivity contribution in [1.82, 2.24) is 14.7 Å². The summed E-state index contributed by atoms with van der Waals surface area (Å²) in [4.78, 5) is 29.0. The molecule has 0 radical (unpaired) electrons. The molecule has 1 N–H and O–H groups in total. The highest BCUT2D eigenvalue weighted by Crippen LogP contribution is 2.34. The van der Waals surface area contributed by atoms with Gasteiger partial charge < -0.3 is 24.6 Å². The van der Waals surface area contributed by atoms with Gasteiger partial charge in [-0.3, -0.25) is 9.59 Å². The van der Waals surface area contributed by atoms with Gasteiger partial charge >= 0.3 is 0 Å². The van der Waals surface area contributed by atoms with Crippen molar-refractivity contribution in [3.8, 4) is 5.75 Å². The Kier molecular flexibility index (Phi) is 5.93. The first-order valence-electron chi connectivity index (χ1n) is 11.3. The molecule has 0 bridgehead atoms. The van der Waals surface area contributed by atoms with Gasteiger partial charge in [0.25, 0.3) is 11.8 Å². The minimum absolute atomic E-state index is 0.0684. The summed E-state index contributed by atoms with van der Waals surface area (Å²) in [6.07, 6.45) is 0.843. The molecule has 3 aromatic rings. The molecule has 0 aliphatic carbocycles. The van der Waals surface area contributed by atoms with E-state index in [-0.39, 0.29) is 11.8 Å². The molecular formula is C25H27N5O4. The van der Waals surface area contributed by atoms with Gasteiger partial charge in [0.15, 0.2) is 5.82 Å². The second-order valence-electron chi connectivity index (χ2n) is 8.40. The van der Waals surface area contributed by atoms with E-state index in [0.29, 0.717) is 30.3 Å². The Morgan fingerprint density at radius 2 is 1.88 bits per heavy atom. The van der Waals surface area contributed by atoms with Gasteiger partial charge in [0.2, 0.25) is 0 Å². The number of hydrogen-bond donors (Lipinski definition) is 1. The Bertz CT molecular complexity index is 1220. The number of benzene rings is 2. The quantitative estimate of drug-likeness (QED) is 0.545. The van der Waals surface area contributed by atoms with Crippen LogP contribution in [0, 0.1) is 0 Å². The Morgan fingerprint density at radius 3 is 2.68 bits per heavy atom. The van der Waals surface area contributed by atoms with Crippen LogP contribution in [-0.4, -0.2) is 67.0 Å². The summed E-state index contributed by atoms with van der Waals surface area (Å²) < 4.78 is 12.4. The van der Waals surface area contributed by atoms with Crippen LogP contribution in [0.5, 0.6) is 5.75 Å². The molecule has 0 spiro atoms. The summed E-state index contributed by atoms with van der Waals surface area (Å²) in [6.45, 7) is 3.19. The van der Waals surface area contributed by atoms with Gasteiger partial charge in [0.1, 0.15) is 18.2 Å². The molecule has 9 heteroatoms. The first kappa shape index (κ1) is 22.0. The van der Waals surface area contributed by atoms with E-state index >= 15 is 0 Å². The fourth-order valence-electron chi connectivity index (χ4n) is 4.31. The zero-order valence-electron chi connectivity index (χ0n) is 19.3. The Balaban J connectivity index is 1.28. The number of carbonyl (C=O) groups is 2. The summed E-state index contributed by atoms with van der Waals surface area (Å²) in [5, 5.41) is 7.44. The number of aromatic nitrogens is 2. The van der Waals surface area contributed by atoms with Crippen molar-refractivity contribution in [1.29, 1.82) is 0 Å². The molecule has 5 rings (SSSR count). The highest BCUT2D eigenvalue weighted by atomic mass is 16.5. The molecule has 176 valence electrons. The number of fused-ring (bicyclic) bond motifs is 2. The van der Waals surface area contributed by atoms with Crippen molar-refractivity contribution < 1.29 is 19.1 Å². The molecule has 0 saturated carbocycles. The summed E-state index contributed by atoms with van der Waals surface area (Å²) in [5.74, 6) is 1.93. The average molecular weight is 462 g/mol. The van der Waals surface area contributed by atoms with Crippen LogP contribution >= 0.6 is 0 Å². The van der Waals surface area contributed by atoms with Crippen LogP contribution in [0.15, 0.2) is 48.5 Å². The largest absolute Gasteiger partial charge is 0.491 e. The van der Waals surface area contributed by atoms with Crippen LogP contribution in [0.1, 0.15) is 26.3 Å². The lowest BCUT2D eigenvalue weighted by atomic mass is 9.98. The third kappa shape index (κ3) is 4.22. The van der Waals surface area contributed by atoms with Crippen LogP contribution in [0.25, 0.3) is 0 Å². The van der Waals surface area contributed by atoms with Crippen molar-refractivity contribution in [3.05, 3.63) is 65.2 Å². The number of rotatable bonds is 7. The van der Waals surface area contributed by atoms with E-state index in [0.717, 1.165) is 48.7 Å². The lowest BCUT2D eigenvalue weighted by molar-refractivity contribution is 0.0780. The highest BCUT2D eigenvalue weighted by molar-refractivity contribution is 6.04. The van der Waals surface area contributed by atoms with E-state index in [1.165, 1.54) is 0 Å². The third-order valence-corrected chi connectivity index (χ3v) is 6.18. The number of nitrogens with one attached hydrogen (secondary N) is 1. The topological polar surface area (TPSA) is 88.9 Å². The Hall–Kier alpha value is -3.85. The number of carbonyl (C=O) groups excluding carboxylic acids is 2. The first-order chi connectivity index (χ1) is 16.5. The van der Waals surface area contributed by atoms with Crippen molar-refractivity contribution in [2.24, 2.45) is 0 Å². The SMILES string of the molecule is COCCOc1ccc(C(=O)Nc2cc3n(n2)CCN3c2ccc3c(c2)CCN(C)C3=O)cc1. The molecule has 2 aromatic carbocycles. The Morgan fingerprint density at radius 1 is 1.06 bits per heavy atom. The average Bonchev–Trinajstić information content (AvgIpc) is 3.42. The molecular weight excluding hydrogens is 434 g/mol. The summed E-state index contributed by atoms with van der Waals surface area (Å²) in [7, 11) is 3.45. The number of likely N-dealkylation sites (N-methyl/N-ethyl adjacent to an activating group) is 1. The van der Waals surface area contributed by atoms with E-state index in [9.17, 15) is 9.59 Å². The van der Waals surface area contributed by atoms with Crippen LogP contribution in [-0.2, 0) is 17.7 Å². The smallest absolute Gasteiger partial charge is 0.256 e. The van der Waals surface area contributed by atoms with Crippen molar-refractivity contribution in [2.75, 3.05) is 50.7 Å². The molecule has 0 fully saturated rings. The maximum absolute atomic E-state index is 12.7. The van der Waals surface area contributed by atoms with Crippen LogP contribution in [0.3, 0.4) is 0 Å². The Labute approximate surface area is 197 Å². The van der Waals surface area contributed by atoms with Crippen molar-refractivity contribution in [3.63, 3.8) is 0 Å². The summed E-state index contributed by atoms with van der Waals surface area (Å²) in [5.41, 5.74) is 3.39. The van der Waals surface area contributed by atoms with Crippen LogP contribution in [0.2, 0.25) is 0 Å². The second-order valence-corrected chi connectivity index (χ2v) is 8.40. The summed E-state index contributed by atoms with van der Waals surface area (Å²) >= 11 is 0. The molecule has 0 saturated heterocycles. The fraction of sp³-hybridized carbons (Fsp3) is 0.320. The van der Waals surface area contributed by atoms with Gasteiger partial charge in [0.05, 0.1) is 13.2 Å². The molecule has 2 amide bonds. The van der Waals surface area contributed by atoms with Gasteiger partial charge in [-0.15, -0.1) is 0 Å².